The smallest absolute Gasteiger partial charge is 0.225 e. The lowest BCUT2D eigenvalue weighted by Gasteiger charge is -2.32. The highest BCUT2D eigenvalue weighted by Crippen LogP contribution is 2.23. The molecule has 1 unspecified atom stereocenters. The number of likely N-dealkylation sites (tertiary alicyclic amines) is 1. The number of halogens is 1. The zero-order valence-corrected chi connectivity index (χ0v) is 11.3. The van der Waals surface area contributed by atoms with Gasteiger partial charge in [-0.1, -0.05) is 6.42 Å². The monoisotopic (exact) mass is 264 g/mol. The molecule has 2 saturated heterocycles. The lowest BCUT2D eigenvalue weighted by atomic mass is 10.1. The molecule has 19 heavy (non-hydrogen) atoms. The Morgan fingerprint density at radius 2 is 1.79 bits per heavy atom. The van der Waals surface area contributed by atoms with Crippen LogP contribution in [-0.4, -0.2) is 47.1 Å². The third-order valence-corrected chi connectivity index (χ3v) is 4.16. The Kier molecular flexibility index (Phi) is 3.92. The second kappa shape index (κ2) is 5.82. The van der Waals surface area contributed by atoms with Gasteiger partial charge in [-0.25, -0.2) is 14.4 Å². The summed E-state index contributed by atoms with van der Waals surface area (Å²) in [4.78, 5) is 13.0. The summed E-state index contributed by atoms with van der Waals surface area (Å²) < 4.78 is 12.9. The van der Waals surface area contributed by atoms with E-state index in [1.54, 1.807) is 0 Å². The first kappa shape index (κ1) is 12.8. The van der Waals surface area contributed by atoms with Crippen molar-refractivity contribution in [1.82, 2.24) is 14.9 Å². The van der Waals surface area contributed by atoms with Crippen molar-refractivity contribution in [3.8, 4) is 0 Å². The maximum Gasteiger partial charge on any atom is 0.225 e. The predicted molar refractivity (Wildman–Crippen MR) is 72.6 cm³/mol. The fourth-order valence-corrected chi connectivity index (χ4v) is 3.18. The van der Waals surface area contributed by atoms with Crippen LogP contribution in [0.4, 0.5) is 10.3 Å². The van der Waals surface area contributed by atoms with E-state index in [4.69, 9.17) is 0 Å². The number of anilines is 1. The van der Waals surface area contributed by atoms with Gasteiger partial charge in [-0.2, -0.15) is 0 Å². The summed E-state index contributed by atoms with van der Waals surface area (Å²) in [6.45, 7) is 4.52. The molecule has 3 heterocycles. The minimum Gasteiger partial charge on any atom is -0.337 e. The normalized spacial score (nSPS) is 24.9. The van der Waals surface area contributed by atoms with Gasteiger partial charge in [0.2, 0.25) is 5.95 Å². The highest BCUT2D eigenvalue weighted by atomic mass is 19.1. The highest BCUT2D eigenvalue weighted by Gasteiger charge is 2.28. The SMILES string of the molecule is Fc1cnc(N2CCCC2CN2CCCCC2)nc1. The fraction of sp³-hybridized carbons (Fsp3) is 0.714. The van der Waals surface area contributed by atoms with Crippen molar-refractivity contribution >= 4 is 5.95 Å². The Morgan fingerprint density at radius 3 is 2.53 bits per heavy atom. The van der Waals surface area contributed by atoms with Crippen molar-refractivity contribution in [3.63, 3.8) is 0 Å². The van der Waals surface area contributed by atoms with E-state index >= 15 is 0 Å². The van der Waals surface area contributed by atoms with E-state index in [-0.39, 0.29) is 5.82 Å². The molecule has 4 nitrogen and oxygen atoms in total. The van der Waals surface area contributed by atoms with Crippen LogP contribution in [0, 0.1) is 5.82 Å². The molecular weight excluding hydrogens is 243 g/mol. The van der Waals surface area contributed by atoms with E-state index in [1.165, 1.54) is 57.6 Å². The number of piperidine rings is 1. The van der Waals surface area contributed by atoms with Crippen LogP contribution in [0.1, 0.15) is 32.1 Å². The standard InChI is InChI=1S/C14H21FN4/c15-12-9-16-14(17-10-12)19-8-4-5-13(19)11-18-6-2-1-3-7-18/h9-10,13H,1-8,11H2. The molecule has 0 aliphatic carbocycles. The molecule has 0 amide bonds. The first-order valence-electron chi connectivity index (χ1n) is 7.29. The maximum absolute atomic E-state index is 12.9. The Bertz CT molecular complexity index is 402. The average Bonchev–Trinajstić information content (AvgIpc) is 2.89. The largest absolute Gasteiger partial charge is 0.337 e. The minimum absolute atomic E-state index is 0.365. The minimum atomic E-state index is -0.365. The molecule has 2 aliphatic rings. The van der Waals surface area contributed by atoms with E-state index in [1.807, 2.05) is 0 Å². The van der Waals surface area contributed by atoms with Crippen molar-refractivity contribution in [2.45, 2.75) is 38.1 Å². The summed E-state index contributed by atoms with van der Waals surface area (Å²) in [7, 11) is 0. The van der Waals surface area contributed by atoms with E-state index < -0.39 is 0 Å². The summed E-state index contributed by atoms with van der Waals surface area (Å²) in [5.74, 6) is 0.316. The van der Waals surface area contributed by atoms with E-state index in [9.17, 15) is 4.39 Å². The molecule has 0 saturated carbocycles. The lowest BCUT2D eigenvalue weighted by Crippen LogP contribution is -2.43. The second-order valence-corrected chi connectivity index (χ2v) is 5.55. The Balaban J connectivity index is 1.65. The molecule has 1 atom stereocenters. The summed E-state index contributed by atoms with van der Waals surface area (Å²) >= 11 is 0. The van der Waals surface area contributed by atoms with Crippen molar-refractivity contribution in [1.29, 1.82) is 0 Å². The van der Waals surface area contributed by atoms with Gasteiger partial charge >= 0.3 is 0 Å². The molecule has 1 aromatic rings. The van der Waals surface area contributed by atoms with Gasteiger partial charge in [0.05, 0.1) is 12.4 Å². The molecule has 0 spiro atoms. The first-order valence-corrected chi connectivity index (χ1v) is 7.29. The van der Waals surface area contributed by atoms with Crippen LogP contribution in [-0.2, 0) is 0 Å². The van der Waals surface area contributed by atoms with Gasteiger partial charge in [0, 0.05) is 19.1 Å². The summed E-state index contributed by atoms with van der Waals surface area (Å²) in [6, 6.07) is 0.489. The van der Waals surface area contributed by atoms with Gasteiger partial charge in [0.15, 0.2) is 5.82 Å². The van der Waals surface area contributed by atoms with Gasteiger partial charge in [-0.05, 0) is 38.8 Å². The molecule has 5 heteroatoms. The van der Waals surface area contributed by atoms with Gasteiger partial charge in [0.25, 0.3) is 0 Å². The van der Waals surface area contributed by atoms with Crippen LogP contribution in [0.3, 0.4) is 0 Å². The third kappa shape index (κ3) is 3.03. The van der Waals surface area contributed by atoms with Crippen molar-refractivity contribution < 1.29 is 4.39 Å². The molecule has 2 fully saturated rings. The van der Waals surface area contributed by atoms with Crippen LogP contribution in [0.2, 0.25) is 0 Å². The summed E-state index contributed by atoms with van der Waals surface area (Å²) in [6.07, 6.45) is 8.90. The topological polar surface area (TPSA) is 32.3 Å². The molecule has 104 valence electrons. The molecule has 0 N–H and O–H groups in total. The number of rotatable bonds is 3. The van der Waals surface area contributed by atoms with Crippen molar-refractivity contribution in [2.75, 3.05) is 31.1 Å². The molecule has 0 radical (unpaired) electrons. The highest BCUT2D eigenvalue weighted by molar-refractivity contribution is 5.32. The zero-order chi connectivity index (χ0) is 13.1. The molecular formula is C14H21FN4. The van der Waals surface area contributed by atoms with Crippen LogP contribution < -0.4 is 4.90 Å². The first-order chi connectivity index (χ1) is 9.33. The van der Waals surface area contributed by atoms with Gasteiger partial charge in [-0.3, -0.25) is 0 Å². The van der Waals surface area contributed by atoms with Crippen LogP contribution >= 0.6 is 0 Å². The quantitative estimate of drug-likeness (QED) is 0.836. The Morgan fingerprint density at radius 1 is 1.05 bits per heavy atom. The molecule has 2 aliphatic heterocycles. The number of hydrogen-bond donors (Lipinski definition) is 0. The summed E-state index contributed by atoms with van der Waals surface area (Å²) in [5, 5.41) is 0. The second-order valence-electron chi connectivity index (χ2n) is 5.55. The van der Waals surface area contributed by atoms with Gasteiger partial charge in [0.1, 0.15) is 0 Å². The van der Waals surface area contributed by atoms with Crippen molar-refractivity contribution in [3.05, 3.63) is 18.2 Å². The van der Waals surface area contributed by atoms with Crippen LogP contribution in [0.15, 0.2) is 12.4 Å². The van der Waals surface area contributed by atoms with E-state index in [0.717, 1.165) is 13.1 Å². The fourth-order valence-electron chi connectivity index (χ4n) is 3.18. The molecule has 3 rings (SSSR count). The maximum atomic E-state index is 12.9. The lowest BCUT2D eigenvalue weighted by molar-refractivity contribution is 0.216. The van der Waals surface area contributed by atoms with E-state index in [2.05, 4.69) is 19.8 Å². The number of hydrogen-bond acceptors (Lipinski definition) is 4. The van der Waals surface area contributed by atoms with Crippen LogP contribution in [0.25, 0.3) is 0 Å². The molecule has 1 aromatic heterocycles. The summed E-state index contributed by atoms with van der Waals surface area (Å²) in [5.41, 5.74) is 0. The number of nitrogens with zero attached hydrogens (tertiary/aromatic N) is 4. The molecule has 0 aromatic carbocycles. The zero-order valence-electron chi connectivity index (χ0n) is 11.3. The number of aromatic nitrogens is 2. The van der Waals surface area contributed by atoms with Crippen LogP contribution in [0.5, 0.6) is 0 Å². The Labute approximate surface area is 113 Å². The van der Waals surface area contributed by atoms with E-state index in [0.29, 0.717) is 12.0 Å². The van der Waals surface area contributed by atoms with Gasteiger partial charge < -0.3 is 9.80 Å². The predicted octanol–water partition coefficient (Wildman–Crippen LogP) is 2.07. The van der Waals surface area contributed by atoms with Crippen molar-refractivity contribution in [2.24, 2.45) is 0 Å². The average molecular weight is 264 g/mol. The van der Waals surface area contributed by atoms with Gasteiger partial charge in [-0.15, -0.1) is 0 Å². The Hall–Kier alpha value is -1.23. The third-order valence-electron chi connectivity index (χ3n) is 4.16. The molecule has 0 bridgehead atoms.